The Balaban J connectivity index is 1.92. The minimum absolute atomic E-state index is 0.277. The van der Waals surface area contributed by atoms with Crippen LogP contribution in [0, 0.1) is 0 Å². The lowest BCUT2D eigenvalue weighted by molar-refractivity contribution is -0.117. The quantitative estimate of drug-likeness (QED) is 0.609. The SMILES string of the molecule is NC(=O)CCSc1ccccc1NC(=O)NCc1ccc(Cl)cc1Cl. The van der Waals surface area contributed by atoms with Gasteiger partial charge in [-0.1, -0.05) is 41.4 Å². The molecule has 2 rings (SSSR count). The van der Waals surface area contributed by atoms with Gasteiger partial charge in [0.2, 0.25) is 5.91 Å². The molecule has 25 heavy (non-hydrogen) atoms. The maximum absolute atomic E-state index is 12.1. The Morgan fingerprint density at radius 2 is 1.88 bits per heavy atom. The van der Waals surface area contributed by atoms with Crippen LogP contribution in [0.5, 0.6) is 0 Å². The van der Waals surface area contributed by atoms with Crippen LogP contribution >= 0.6 is 35.0 Å². The Labute approximate surface area is 160 Å². The van der Waals surface area contributed by atoms with Crippen LogP contribution in [0.3, 0.4) is 0 Å². The van der Waals surface area contributed by atoms with Gasteiger partial charge in [0.05, 0.1) is 5.69 Å². The van der Waals surface area contributed by atoms with Gasteiger partial charge in [0, 0.05) is 33.7 Å². The number of benzene rings is 2. The van der Waals surface area contributed by atoms with E-state index in [2.05, 4.69) is 10.6 Å². The molecule has 8 heteroatoms. The molecule has 0 radical (unpaired) electrons. The number of hydrogen-bond acceptors (Lipinski definition) is 3. The fourth-order valence-corrected chi connectivity index (χ4v) is 3.41. The minimum atomic E-state index is -0.353. The number of urea groups is 1. The zero-order chi connectivity index (χ0) is 18.2. The third kappa shape index (κ3) is 6.49. The fraction of sp³-hybridized carbons (Fsp3) is 0.176. The highest BCUT2D eigenvalue weighted by Crippen LogP contribution is 2.27. The van der Waals surface area contributed by atoms with E-state index in [1.807, 2.05) is 18.2 Å². The van der Waals surface area contributed by atoms with Gasteiger partial charge >= 0.3 is 6.03 Å². The van der Waals surface area contributed by atoms with Gasteiger partial charge in [-0.05, 0) is 29.8 Å². The molecule has 0 fully saturated rings. The predicted molar refractivity (Wildman–Crippen MR) is 103 cm³/mol. The molecule has 2 aromatic carbocycles. The van der Waals surface area contributed by atoms with E-state index in [-0.39, 0.29) is 24.9 Å². The van der Waals surface area contributed by atoms with Gasteiger partial charge in [0.15, 0.2) is 0 Å². The van der Waals surface area contributed by atoms with Crippen LogP contribution in [0.25, 0.3) is 0 Å². The average molecular weight is 398 g/mol. The Hall–Kier alpha value is -1.89. The molecule has 0 spiro atoms. The summed E-state index contributed by atoms with van der Waals surface area (Å²) in [5.74, 6) is 0.200. The molecule has 0 aliphatic rings. The molecule has 5 nitrogen and oxygen atoms in total. The summed E-state index contributed by atoms with van der Waals surface area (Å²) in [5.41, 5.74) is 6.57. The summed E-state index contributed by atoms with van der Waals surface area (Å²) < 4.78 is 0. The molecule has 2 aromatic rings. The van der Waals surface area contributed by atoms with Gasteiger partial charge in [-0.2, -0.15) is 0 Å². The first-order valence-electron chi connectivity index (χ1n) is 7.44. The van der Waals surface area contributed by atoms with E-state index < -0.39 is 0 Å². The summed E-state index contributed by atoms with van der Waals surface area (Å²) >= 11 is 13.4. The highest BCUT2D eigenvalue weighted by atomic mass is 35.5. The third-order valence-electron chi connectivity index (χ3n) is 3.20. The van der Waals surface area contributed by atoms with Crippen molar-refractivity contribution in [1.82, 2.24) is 5.32 Å². The molecule has 4 N–H and O–H groups in total. The maximum atomic E-state index is 12.1. The van der Waals surface area contributed by atoms with Crippen LogP contribution in [0.2, 0.25) is 10.0 Å². The van der Waals surface area contributed by atoms with Crippen LogP contribution < -0.4 is 16.4 Å². The number of halogens is 2. The van der Waals surface area contributed by atoms with Gasteiger partial charge in [-0.3, -0.25) is 4.79 Å². The van der Waals surface area contributed by atoms with Crippen molar-refractivity contribution in [3.05, 3.63) is 58.1 Å². The number of nitrogens with two attached hydrogens (primary N) is 1. The van der Waals surface area contributed by atoms with Crippen molar-refractivity contribution in [3.63, 3.8) is 0 Å². The topological polar surface area (TPSA) is 84.2 Å². The molecule has 0 aromatic heterocycles. The Morgan fingerprint density at radius 3 is 2.60 bits per heavy atom. The number of rotatable bonds is 7. The average Bonchev–Trinajstić information content (AvgIpc) is 2.55. The van der Waals surface area contributed by atoms with Crippen molar-refractivity contribution in [2.75, 3.05) is 11.1 Å². The van der Waals surface area contributed by atoms with Crippen molar-refractivity contribution in [2.24, 2.45) is 5.73 Å². The van der Waals surface area contributed by atoms with Crippen molar-refractivity contribution >= 4 is 52.6 Å². The molecule has 0 bridgehead atoms. The van der Waals surface area contributed by atoms with E-state index in [1.54, 1.807) is 24.3 Å². The molecular weight excluding hydrogens is 381 g/mol. The third-order valence-corrected chi connectivity index (χ3v) is 4.86. The van der Waals surface area contributed by atoms with Gasteiger partial charge in [0.1, 0.15) is 0 Å². The second-order valence-electron chi connectivity index (χ2n) is 5.10. The van der Waals surface area contributed by atoms with E-state index in [9.17, 15) is 9.59 Å². The minimum Gasteiger partial charge on any atom is -0.370 e. The van der Waals surface area contributed by atoms with Crippen molar-refractivity contribution in [1.29, 1.82) is 0 Å². The zero-order valence-electron chi connectivity index (χ0n) is 13.2. The largest absolute Gasteiger partial charge is 0.370 e. The Morgan fingerprint density at radius 1 is 1.12 bits per heavy atom. The van der Waals surface area contributed by atoms with Gasteiger partial charge in [-0.15, -0.1) is 11.8 Å². The number of nitrogens with one attached hydrogen (secondary N) is 2. The molecule has 0 heterocycles. The number of anilines is 1. The summed E-state index contributed by atoms with van der Waals surface area (Å²) in [5, 5.41) is 6.58. The number of carbonyl (C=O) groups excluding carboxylic acids is 2. The standard InChI is InChI=1S/C17H17Cl2N3O2S/c18-12-6-5-11(13(19)9-12)10-21-17(24)22-14-3-1-2-4-15(14)25-8-7-16(20)23/h1-6,9H,7-8,10H2,(H2,20,23)(H2,21,22,24). The maximum Gasteiger partial charge on any atom is 0.319 e. The molecular formula is C17H17Cl2N3O2S. The predicted octanol–water partition coefficient (Wildman–Crippen LogP) is 4.28. The molecule has 0 atom stereocenters. The molecule has 0 aliphatic carbocycles. The lowest BCUT2D eigenvalue weighted by Crippen LogP contribution is -2.28. The summed E-state index contributed by atoms with van der Waals surface area (Å²) in [4.78, 5) is 23.8. The van der Waals surface area contributed by atoms with E-state index in [0.29, 0.717) is 21.5 Å². The van der Waals surface area contributed by atoms with E-state index in [4.69, 9.17) is 28.9 Å². The zero-order valence-corrected chi connectivity index (χ0v) is 15.5. The molecule has 3 amide bonds. The molecule has 0 saturated carbocycles. The number of primary amides is 1. The number of hydrogen-bond donors (Lipinski definition) is 3. The first-order chi connectivity index (χ1) is 12.0. The van der Waals surface area contributed by atoms with Crippen molar-refractivity contribution in [2.45, 2.75) is 17.9 Å². The second kappa shape index (κ2) is 9.56. The summed E-state index contributed by atoms with van der Waals surface area (Å²) in [6, 6.07) is 12.1. The lowest BCUT2D eigenvalue weighted by atomic mass is 10.2. The summed E-state index contributed by atoms with van der Waals surface area (Å²) in [7, 11) is 0. The molecule has 132 valence electrons. The number of amides is 3. The Bertz CT molecular complexity index is 771. The first-order valence-corrected chi connectivity index (χ1v) is 9.19. The van der Waals surface area contributed by atoms with Crippen molar-refractivity contribution < 1.29 is 9.59 Å². The van der Waals surface area contributed by atoms with E-state index >= 15 is 0 Å². The number of para-hydroxylation sites is 1. The highest BCUT2D eigenvalue weighted by molar-refractivity contribution is 7.99. The number of thioether (sulfide) groups is 1. The summed E-state index contributed by atoms with van der Waals surface area (Å²) in [6.45, 7) is 0.277. The molecule has 0 saturated heterocycles. The number of carbonyl (C=O) groups is 2. The highest BCUT2D eigenvalue weighted by Gasteiger charge is 2.08. The first kappa shape index (κ1) is 19.4. The van der Waals surface area contributed by atoms with Crippen LogP contribution in [0.4, 0.5) is 10.5 Å². The van der Waals surface area contributed by atoms with E-state index in [0.717, 1.165) is 10.5 Å². The molecule has 0 aliphatic heterocycles. The van der Waals surface area contributed by atoms with Crippen LogP contribution in [0.1, 0.15) is 12.0 Å². The fourth-order valence-electron chi connectivity index (χ4n) is 1.96. The van der Waals surface area contributed by atoms with Gasteiger partial charge in [0.25, 0.3) is 0 Å². The Kier molecular flexibility index (Phi) is 7.43. The summed E-state index contributed by atoms with van der Waals surface area (Å²) in [6.07, 6.45) is 0.278. The van der Waals surface area contributed by atoms with E-state index in [1.165, 1.54) is 11.8 Å². The van der Waals surface area contributed by atoms with Crippen LogP contribution in [-0.4, -0.2) is 17.7 Å². The van der Waals surface area contributed by atoms with Crippen LogP contribution in [0.15, 0.2) is 47.4 Å². The lowest BCUT2D eigenvalue weighted by Gasteiger charge is -2.12. The second-order valence-corrected chi connectivity index (χ2v) is 7.08. The van der Waals surface area contributed by atoms with Gasteiger partial charge < -0.3 is 16.4 Å². The monoisotopic (exact) mass is 397 g/mol. The van der Waals surface area contributed by atoms with Crippen LogP contribution in [-0.2, 0) is 11.3 Å². The smallest absolute Gasteiger partial charge is 0.319 e. The normalized spacial score (nSPS) is 10.3. The van der Waals surface area contributed by atoms with Crippen molar-refractivity contribution in [3.8, 4) is 0 Å². The molecule has 0 unspecified atom stereocenters. The van der Waals surface area contributed by atoms with Gasteiger partial charge in [-0.25, -0.2) is 4.79 Å².